The topological polar surface area (TPSA) is 70.4 Å². The van der Waals surface area contributed by atoms with Gasteiger partial charge in [0.1, 0.15) is 0 Å². The number of nitrogens with one attached hydrogen (secondary N) is 1. The molecule has 1 fully saturated rings. The molecule has 3 aromatic rings. The van der Waals surface area contributed by atoms with Gasteiger partial charge in [0, 0.05) is 29.3 Å². The van der Waals surface area contributed by atoms with Crippen LogP contribution in [0, 0.1) is 13.8 Å². The summed E-state index contributed by atoms with van der Waals surface area (Å²) in [6.07, 6.45) is 1.80. The number of rotatable bonds is 5. The van der Waals surface area contributed by atoms with E-state index in [0.29, 0.717) is 5.11 Å². The van der Waals surface area contributed by atoms with E-state index in [-0.39, 0.29) is 23.7 Å². The van der Waals surface area contributed by atoms with Crippen molar-refractivity contribution in [2.45, 2.75) is 45.8 Å². The third-order valence-electron chi connectivity index (χ3n) is 5.83. The summed E-state index contributed by atoms with van der Waals surface area (Å²) in [6, 6.07) is 15.2. The molecule has 0 amide bonds. The van der Waals surface area contributed by atoms with E-state index in [2.05, 4.69) is 46.6 Å². The van der Waals surface area contributed by atoms with Crippen molar-refractivity contribution >= 4 is 23.3 Å². The van der Waals surface area contributed by atoms with Gasteiger partial charge in [0.2, 0.25) is 0 Å². The summed E-state index contributed by atoms with van der Waals surface area (Å²) in [6.45, 7) is 8.39. The Morgan fingerprint density at radius 1 is 1.16 bits per heavy atom. The monoisotopic (exact) mass is 434 g/mol. The molecule has 2 atom stereocenters. The normalized spacial score (nSPS) is 18.5. The molecule has 0 unspecified atom stereocenters. The molecular formula is C24H26N4O2S. The number of carboxylic acid groups (broad SMARTS) is 1. The number of hydrogen-bond donors (Lipinski definition) is 2. The lowest BCUT2D eigenvalue weighted by Crippen LogP contribution is -2.35. The second-order valence-corrected chi connectivity index (χ2v) is 8.53. The molecule has 0 bridgehead atoms. The van der Waals surface area contributed by atoms with Gasteiger partial charge in [0.05, 0.1) is 23.3 Å². The molecule has 1 aromatic carbocycles. The van der Waals surface area contributed by atoms with Gasteiger partial charge in [-0.25, -0.2) is 4.79 Å². The van der Waals surface area contributed by atoms with Crippen LogP contribution in [0.15, 0.2) is 54.7 Å². The van der Waals surface area contributed by atoms with E-state index in [1.807, 2.05) is 31.2 Å². The van der Waals surface area contributed by atoms with Gasteiger partial charge >= 0.3 is 5.97 Å². The van der Waals surface area contributed by atoms with Gasteiger partial charge in [0.25, 0.3) is 0 Å². The molecule has 2 N–H and O–H groups in total. The number of benzene rings is 1. The molecule has 2 aromatic heterocycles. The van der Waals surface area contributed by atoms with Crippen LogP contribution in [0.1, 0.15) is 58.9 Å². The largest absolute Gasteiger partial charge is 0.478 e. The first kappa shape index (κ1) is 21.1. The number of aromatic carboxylic acids is 1. The highest BCUT2D eigenvalue weighted by Crippen LogP contribution is 2.42. The van der Waals surface area contributed by atoms with Crippen LogP contribution < -0.4 is 5.32 Å². The fraction of sp³-hybridized carbons (Fsp3) is 0.292. The van der Waals surface area contributed by atoms with Crippen molar-refractivity contribution in [1.82, 2.24) is 19.8 Å². The van der Waals surface area contributed by atoms with E-state index in [4.69, 9.17) is 12.2 Å². The number of pyridine rings is 1. The van der Waals surface area contributed by atoms with Gasteiger partial charge in [-0.2, -0.15) is 0 Å². The molecule has 0 saturated carbocycles. The Kier molecular flexibility index (Phi) is 5.54. The first-order chi connectivity index (χ1) is 14.8. The summed E-state index contributed by atoms with van der Waals surface area (Å²) in [5.74, 6) is -0.934. The second-order valence-electron chi connectivity index (χ2n) is 8.14. The highest BCUT2D eigenvalue weighted by molar-refractivity contribution is 7.80. The van der Waals surface area contributed by atoms with Crippen molar-refractivity contribution in [2.75, 3.05) is 0 Å². The number of nitrogens with zero attached hydrogens (tertiary/aromatic N) is 3. The Balaban J connectivity index is 1.85. The second kappa shape index (κ2) is 8.15. The molecule has 3 heterocycles. The Labute approximate surface area is 187 Å². The zero-order valence-electron chi connectivity index (χ0n) is 18.0. The Hall–Kier alpha value is -3.19. The predicted molar refractivity (Wildman–Crippen MR) is 125 cm³/mol. The molecule has 31 heavy (non-hydrogen) atoms. The molecule has 0 spiro atoms. The van der Waals surface area contributed by atoms with E-state index in [9.17, 15) is 9.90 Å². The van der Waals surface area contributed by atoms with Crippen LogP contribution in [0.2, 0.25) is 0 Å². The molecule has 160 valence electrons. The van der Waals surface area contributed by atoms with Gasteiger partial charge in [0.15, 0.2) is 5.11 Å². The lowest BCUT2D eigenvalue weighted by atomic mass is 9.96. The van der Waals surface area contributed by atoms with Crippen LogP contribution >= 0.6 is 12.2 Å². The third kappa shape index (κ3) is 3.70. The van der Waals surface area contributed by atoms with Gasteiger partial charge in [-0.1, -0.05) is 12.1 Å². The maximum Gasteiger partial charge on any atom is 0.335 e. The summed E-state index contributed by atoms with van der Waals surface area (Å²) in [5.41, 5.74) is 5.29. The molecule has 4 rings (SSSR count). The minimum absolute atomic E-state index is 0.0231. The van der Waals surface area contributed by atoms with Gasteiger partial charge in [-0.15, -0.1) is 0 Å². The SMILES string of the molecule is Cc1cc([C@H]2[C@@H](c3ccccn3)NC(=S)N2C(C)C)c(C)n1-c1cccc(C(=O)O)c1. The van der Waals surface area contributed by atoms with Crippen LogP contribution in [0.4, 0.5) is 0 Å². The van der Waals surface area contributed by atoms with Crippen LogP contribution in [-0.2, 0) is 0 Å². The molecule has 1 saturated heterocycles. The van der Waals surface area contributed by atoms with Crippen LogP contribution in [0.3, 0.4) is 0 Å². The van der Waals surface area contributed by atoms with Crippen molar-refractivity contribution in [3.05, 3.63) is 82.9 Å². The van der Waals surface area contributed by atoms with E-state index >= 15 is 0 Å². The van der Waals surface area contributed by atoms with E-state index in [1.54, 1.807) is 24.4 Å². The number of thiocarbonyl (C=S) groups is 1. The fourth-order valence-corrected chi connectivity index (χ4v) is 4.97. The predicted octanol–water partition coefficient (Wildman–Crippen LogP) is 4.57. The zero-order valence-corrected chi connectivity index (χ0v) is 18.9. The number of hydrogen-bond acceptors (Lipinski definition) is 3. The summed E-state index contributed by atoms with van der Waals surface area (Å²) < 4.78 is 2.11. The maximum absolute atomic E-state index is 11.5. The lowest BCUT2D eigenvalue weighted by molar-refractivity contribution is 0.0697. The molecule has 1 aliphatic rings. The van der Waals surface area contributed by atoms with Crippen molar-refractivity contribution in [3.8, 4) is 5.69 Å². The van der Waals surface area contributed by atoms with Crippen molar-refractivity contribution in [3.63, 3.8) is 0 Å². The van der Waals surface area contributed by atoms with Crippen molar-refractivity contribution < 1.29 is 9.90 Å². The summed E-state index contributed by atoms with van der Waals surface area (Å²) in [4.78, 5) is 18.3. The lowest BCUT2D eigenvalue weighted by Gasteiger charge is -2.31. The number of aromatic nitrogens is 2. The molecule has 0 aliphatic carbocycles. The summed E-state index contributed by atoms with van der Waals surface area (Å²) >= 11 is 5.71. The third-order valence-corrected chi connectivity index (χ3v) is 6.16. The van der Waals surface area contributed by atoms with Crippen LogP contribution in [0.5, 0.6) is 0 Å². The fourth-order valence-electron chi connectivity index (χ4n) is 4.52. The maximum atomic E-state index is 11.5. The summed E-state index contributed by atoms with van der Waals surface area (Å²) in [5, 5.41) is 13.6. The Bertz CT molecular complexity index is 1140. The Morgan fingerprint density at radius 3 is 2.58 bits per heavy atom. The standard InChI is InChI=1S/C24H26N4O2S/c1-14(2)27-22(21(26-24(27)31)20-10-5-6-11-25-20)19-12-15(3)28(16(19)4)18-9-7-8-17(13-18)23(29)30/h5-14,21-22H,1-4H3,(H,26,31)(H,29,30)/t21-,22+/m1/s1. The van der Waals surface area contributed by atoms with Gasteiger partial charge in [-0.3, -0.25) is 4.98 Å². The van der Waals surface area contributed by atoms with Crippen molar-refractivity contribution in [2.24, 2.45) is 0 Å². The van der Waals surface area contributed by atoms with Crippen molar-refractivity contribution in [1.29, 1.82) is 0 Å². The highest BCUT2D eigenvalue weighted by Gasteiger charge is 2.42. The minimum atomic E-state index is -0.934. The van der Waals surface area contributed by atoms with E-state index < -0.39 is 5.97 Å². The van der Waals surface area contributed by atoms with Gasteiger partial charge < -0.3 is 19.9 Å². The smallest absolute Gasteiger partial charge is 0.335 e. The zero-order chi connectivity index (χ0) is 22.3. The number of carbonyl (C=O) groups is 1. The highest BCUT2D eigenvalue weighted by atomic mass is 32.1. The van der Waals surface area contributed by atoms with E-state index in [1.165, 1.54) is 0 Å². The summed E-state index contributed by atoms with van der Waals surface area (Å²) in [7, 11) is 0. The van der Waals surface area contributed by atoms with Crippen LogP contribution in [-0.4, -0.2) is 36.7 Å². The first-order valence-electron chi connectivity index (χ1n) is 10.3. The molecule has 6 nitrogen and oxygen atoms in total. The average molecular weight is 435 g/mol. The van der Waals surface area contributed by atoms with Gasteiger partial charge in [-0.05, 0) is 81.9 Å². The molecule has 0 radical (unpaired) electrons. The quantitative estimate of drug-likeness (QED) is 0.574. The minimum Gasteiger partial charge on any atom is -0.478 e. The van der Waals surface area contributed by atoms with Crippen LogP contribution in [0.25, 0.3) is 5.69 Å². The Morgan fingerprint density at radius 2 is 1.94 bits per heavy atom. The number of aryl methyl sites for hydroxylation is 1. The molecule has 7 heteroatoms. The first-order valence-corrected chi connectivity index (χ1v) is 10.7. The van der Waals surface area contributed by atoms with E-state index in [0.717, 1.165) is 28.3 Å². The molecular weight excluding hydrogens is 408 g/mol. The number of carboxylic acids is 1. The average Bonchev–Trinajstić information content (AvgIpc) is 3.24. The molecule has 1 aliphatic heterocycles.